The quantitative estimate of drug-likeness (QED) is 0.0166. The van der Waals surface area contributed by atoms with E-state index in [1.165, 1.54) is 58.3 Å². The first kappa shape index (κ1) is 48.2. The fraction of sp³-hybridized carbons (Fsp3) is 0.686. The lowest BCUT2D eigenvalue weighted by Crippen LogP contribution is -2.37. The maximum atomic E-state index is 12.7. The van der Waals surface area contributed by atoms with E-state index in [1.807, 2.05) is 0 Å². The number of unbranched alkanes of at least 4 members (excludes halogenated alkanes) is 10. The van der Waals surface area contributed by atoms with Crippen molar-refractivity contribution in [1.29, 1.82) is 0 Å². The van der Waals surface area contributed by atoms with Crippen LogP contribution in [0.3, 0.4) is 0 Å². The number of rotatable bonds is 27. The van der Waals surface area contributed by atoms with Crippen molar-refractivity contribution in [3.63, 3.8) is 0 Å². The average molecular weight is 673 g/mol. The Kier molecular flexibility index (Phi) is 41.9. The van der Waals surface area contributed by atoms with E-state index in [1.54, 1.807) is 0 Å². The molecule has 1 aliphatic rings. The monoisotopic (exact) mass is 672 g/mol. The van der Waals surface area contributed by atoms with E-state index < -0.39 is 18.1 Å². The molecule has 47 heavy (non-hydrogen) atoms. The second-order valence-corrected chi connectivity index (χ2v) is 10.1. The molecule has 0 aromatic heterocycles. The highest BCUT2D eigenvalue weighted by atomic mass is 17.7. The lowest BCUT2D eigenvalue weighted by molar-refractivity contribution is -0.627. The molecule has 0 aromatic carbocycles. The zero-order valence-electron chi connectivity index (χ0n) is 29.2. The topological polar surface area (TPSA) is 143 Å². The summed E-state index contributed by atoms with van der Waals surface area (Å²) in [6.07, 6.45) is 19.0. The minimum absolute atomic E-state index is 0.303. The summed E-state index contributed by atoms with van der Waals surface area (Å²) in [6, 6.07) is -0.877. The zero-order valence-corrected chi connectivity index (χ0v) is 29.2. The number of aliphatic imine (C=N–C) groups is 1. The Balaban J connectivity index is -0.00000304. The van der Waals surface area contributed by atoms with E-state index in [0.717, 1.165) is 51.2 Å². The maximum Gasteiger partial charge on any atom is 0.328 e. The van der Waals surface area contributed by atoms with Crippen LogP contribution < -0.4 is 5.32 Å². The summed E-state index contributed by atoms with van der Waals surface area (Å²) in [6.45, 7) is 21.2. The summed E-state index contributed by atoms with van der Waals surface area (Å²) >= 11 is 0. The number of ether oxygens (including phenoxy) is 3. The molecule has 1 saturated heterocycles. The van der Waals surface area contributed by atoms with Crippen LogP contribution in [0.1, 0.15) is 116 Å². The smallest absolute Gasteiger partial charge is 0.328 e. The third kappa shape index (κ3) is 32.5. The SMILES string of the molecule is C=C.C=C.C=C.CCCCCCCCCCCCC(OOOO/C=C\OC1CCCCO1)C(=O)NCCCCC(N=COC)C(=O)O. The van der Waals surface area contributed by atoms with Crippen LogP contribution in [-0.2, 0) is 43.7 Å². The number of nitrogens with one attached hydrogen (secondary N) is 1. The molecule has 1 rings (SSSR count). The van der Waals surface area contributed by atoms with Gasteiger partial charge in [0.1, 0.15) is 6.26 Å². The van der Waals surface area contributed by atoms with Gasteiger partial charge in [-0.2, -0.15) is 4.89 Å². The summed E-state index contributed by atoms with van der Waals surface area (Å²) in [5, 5.41) is 21.2. The van der Waals surface area contributed by atoms with Crippen LogP contribution in [0, 0.1) is 0 Å². The molecule has 0 saturated carbocycles. The largest absolute Gasteiger partial charge is 0.487 e. The normalized spacial score (nSPS) is 15.1. The number of carbonyl (C=O) groups is 2. The molecule has 0 radical (unpaired) electrons. The number of hydrogen-bond donors (Lipinski definition) is 2. The Hall–Kier alpha value is -3.19. The van der Waals surface area contributed by atoms with Crippen molar-refractivity contribution in [2.75, 3.05) is 20.3 Å². The summed E-state index contributed by atoms with van der Waals surface area (Å²) < 4.78 is 15.5. The molecule has 12 nitrogen and oxygen atoms in total. The summed E-state index contributed by atoms with van der Waals surface area (Å²) in [4.78, 5) is 37.7. The molecule has 0 aromatic rings. The van der Waals surface area contributed by atoms with Gasteiger partial charge in [0, 0.05) is 18.0 Å². The minimum Gasteiger partial charge on any atom is -0.487 e. The first-order chi connectivity index (χ1) is 23.1. The summed E-state index contributed by atoms with van der Waals surface area (Å²) in [5.41, 5.74) is 0. The molecule has 1 amide bonds. The Morgan fingerprint density at radius 1 is 0.872 bits per heavy atom. The lowest BCUT2D eigenvalue weighted by Gasteiger charge is -2.21. The standard InChI is InChI=1S/C29H52N2O10.3C2H4/c1-3-4-5-6-7-8-9-10-11-12-18-26(39-41-40-38-23-22-37-27-19-14-16-21-36-27)28(32)30-20-15-13-17-25(29(33)34)31-24-35-2;3*1-2/h22-27H,3-21H2,1-2H3,(H,30,32)(H,33,34);3*1-2H2/b23-22-,31-24?;;;. The molecular formula is C35H64N2O10. The first-order valence-corrected chi connectivity index (χ1v) is 16.7. The van der Waals surface area contributed by atoms with Gasteiger partial charge in [-0.3, -0.25) is 4.79 Å². The highest BCUT2D eigenvalue weighted by Gasteiger charge is 2.21. The van der Waals surface area contributed by atoms with Crippen LogP contribution in [0.4, 0.5) is 0 Å². The Morgan fingerprint density at radius 3 is 2.06 bits per heavy atom. The molecule has 3 atom stereocenters. The summed E-state index contributed by atoms with van der Waals surface area (Å²) in [5.74, 6) is -1.36. The van der Waals surface area contributed by atoms with Crippen molar-refractivity contribution < 1.29 is 48.8 Å². The van der Waals surface area contributed by atoms with Gasteiger partial charge in [-0.25, -0.2) is 9.79 Å². The second-order valence-electron chi connectivity index (χ2n) is 10.1. The van der Waals surface area contributed by atoms with Crippen LogP contribution >= 0.6 is 0 Å². The van der Waals surface area contributed by atoms with Crippen molar-refractivity contribution in [2.24, 2.45) is 4.99 Å². The molecule has 1 fully saturated rings. The van der Waals surface area contributed by atoms with E-state index in [0.29, 0.717) is 38.8 Å². The van der Waals surface area contributed by atoms with Crippen LogP contribution in [0.5, 0.6) is 0 Å². The number of carboxylic acid groups (broad SMARTS) is 1. The number of aliphatic carboxylic acids is 1. The molecular weight excluding hydrogens is 608 g/mol. The summed E-state index contributed by atoms with van der Waals surface area (Å²) in [7, 11) is 1.41. The number of carboxylic acids is 1. The van der Waals surface area contributed by atoms with Crippen molar-refractivity contribution in [3.05, 3.63) is 52.0 Å². The van der Waals surface area contributed by atoms with Crippen LogP contribution in [0.2, 0.25) is 0 Å². The number of hydrogen-bond acceptors (Lipinski definition) is 10. The fourth-order valence-corrected chi connectivity index (χ4v) is 4.29. The van der Waals surface area contributed by atoms with Gasteiger partial charge in [-0.05, 0) is 43.6 Å². The number of nitrogens with zero attached hydrogens (tertiary/aromatic N) is 1. The molecule has 0 aliphatic carbocycles. The van der Waals surface area contributed by atoms with Crippen molar-refractivity contribution in [1.82, 2.24) is 5.32 Å². The van der Waals surface area contributed by atoms with Gasteiger partial charge < -0.3 is 29.5 Å². The predicted octanol–water partition coefficient (Wildman–Crippen LogP) is 8.31. The Bertz CT molecular complexity index is 743. The van der Waals surface area contributed by atoms with Gasteiger partial charge in [-0.15, -0.1) is 39.5 Å². The number of carbonyl (C=O) groups excluding carboxylic acids is 1. The molecule has 274 valence electrons. The third-order valence-electron chi connectivity index (χ3n) is 6.65. The zero-order chi connectivity index (χ0) is 35.8. The van der Waals surface area contributed by atoms with E-state index in [-0.39, 0.29) is 12.2 Å². The van der Waals surface area contributed by atoms with Crippen molar-refractivity contribution in [3.8, 4) is 0 Å². The third-order valence-corrected chi connectivity index (χ3v) is 6.65. The van der Waals surface area contributed by atoms with Gasteiger partial charge in [0.25, 0.3) is 5.91 Å². The average Bonchev–Trinajstić information content (AvgIpc) is 3.11. The highest BCUT2D eigenvalue weighted by molar-refractivity contribution is 5.80. The lowest BCUT2D eigenvalue weighted by atomic mass is 10.0. The fourth-order valence-electron chi connectivity index (χ4n) is 4.29. The minimum atomic E-state index is -1.02. The Morgan fingerprint density at radius 2 is 1.49 bits per heavy atom. The molecule has 0 spiro atoms. The predicted molar refractivity (Wildman–Crippen MR) is 186 cm³/mol. The van der Waals surface area contributed by atoms with Gasteiger partial charge >= 0.3 is 5.97 Å². The molecule has 3 unspecified atom stereocenters. The molecule has 12 heteroatoms. The van der Waals surface area contributed by atoms with Crippen LogP contribution in [0.15, 0.2) is 57.0 Å². The van der Waals surface area contributed by atoms with E-state index in [4.69, 9.17) is 24.0 Å². The molecule has 2 N–H and O–H groups in total. The first-order valence-electron chi connectivity index (χ1n) is 16.7. The van der Waals surface area contributed by atoms with Gasteiger partial charge in [0.05, 0.1) is 13.7 Å². The number of methoxy groups -OCH3 is 1. The van der Waals surface area contributed by atoms with Gasteiger partial charge in [0.2, 0.25) is 0 Å². The van der Waals surface area contributed by atoms with Crippen LogP contribution in [0.25, 0.3) is 0 Å². The highest BCUT2D eigenvalue weighted by Crippen LogP contribution is 2.15. The second kappa shape index (κ2) is 40.8. The number of amides is 1. The molecule has 0 bridgehead atoms. The van der Waals surface area contributed by atoms with Crippen molar-refractivity contribution >= 4 is 18.3 Å². The van der Waals surface area contributed by atoms with E-state index in [9.17, 15) is 14.7 Å². The molecule has 1 aliphatic heterocycles. The van der Waals surface area contributed by atoms with Gasteiger partial charge in [-0.1, -0.05) is 71.1 Å². The van der Waals surface area contributed by atoms with Crippen molar-refractivity contribution in [2.45, 2.75) is 135 Å². The van der Waals surface area contributed by atoms with E-state index >= 15 is 0 Å². The Labute approximate surface area is 284 Å². The van der Waals surface area contributed by atoms with Gasteiger partial charge in [0.15, 0.2) is 31.1 Å². The molecule has 1 heterocycles. The van der Waals surface area contributed by atoms with Crippen LogP contribution in [-0.4, -0.2) is 62.1 Å². The maximum absolute atomic E-state index is 12.7. The van der Waals surface area contributed by atoms with E-state index in [2.05, 4.69) is 66.8 Å².